The van der Waals surface area contributed by atoms with Gasteiger partial charge in [0.2, 0.25) is 0 Å². The first-order chi connectivity index (χ1) is 9.52. The number of hydrogen-bond donors (Lipinski definition) is 1. The second-order valence-electron chi connectivity index (χ2n) is 4.83. The second-order valence-corrected chi connectivity index (χ2v) is 5.21. The summed E-state index contributed by atoms with van der Waals surface area (Å²) in [6.45, 7) is 0.632. The Bertz CT molecular complexity index is 439. The zero-order chi connectivity index (χ0) is 14.6. The fourth-order valence-corrected chi connectivity index (χ4v) is 2.62. The van der Waals surface area contributed by atoms with E-state index in [1.807, 2.05) is 0 Å². The Labute approximate surface area is 121 Å². The van der Waals surface area contributed by atoms with Crippen LogP contribution < -0.4 is 10.1 Å². The molecule has 1 fully saturated rings. The standard InChI is InChI=1S/C14H17ClF3NO/c15-8-9-19-11-5-3-7-13(11)20-12-6-2-1-4-10(12)14(16,17)18/h1-2,4,6,11,13,19H,3,5,7-9H2. The number of para-hydroxylation sites is 1. The molecule has 2 atom stereocenters. The fraction of sp³-hybridized carbons (Fsp3) is 0.571. The number of alkyl halides is 4. The Balaban J connectivity index is 2.09. The maximum absolute atomic E-state index is 12.9. The van der Waals surface area contributed by atoms with Crippen LogP contribution in [0.5, 0.6) is 5.75 Å². The van der Waals surface area contributed by atoms with Crippen LogP contribution in [0.3, 0.4) is 0 Å². The summed E-state index contributed by atoms with van der Waals surface area (Å²) in [5.41, 5.74) is -0.719. The number of benzene rings is 1. The van der Waals surface area contributed by atoms with Crippen LogP contribution in [0, 0.1) is 0 Å². The zero-order valence-electron chi connectivity index (χ0n) is 10.9. The van der Waals surface area contributed by atoms with Gasteiger partial charge in [0.05, 0.1) is 5.56 Å². The third-order valence-electron chi connectivity index (χ3n) is 3.42. The third kappa shape index (κ3) is 3.79. The molecule has 20 heavy (non-hydrogen) atoms. The highest BCUT2D eigenvalue weighted by atomic mass is 35.5. The van der Waals surface area contributed by atoms with Gasteiger partial charge in [-0.25, -0.2) is 0 Å². The molecule has 112 valence electrons. The molecule has 0 aromatic heterocycles. The molecular weight excluding hydrogens is 291 g/mol. The predicted molar refractivity (Wildman–Crippen MR) is 72.2 cm³/mol. The molecule has 0 heterocycles. The Morgan fingerprint density at radius 2 is 2.00 bits per heavy atom. The van der Waals surface area contributed by atoms with Crippen molar-refractivity contribution in [2.75, 3.05) is 12.4 Å². The van der Waals surface area contributed by atoms with Crippen molar-refractivity contribution < 1.29 is 17.9 Å². The van der Waals surface area contributed by atoms with Crippen LogP contribution in [0.15, 0.2) is 24.3 Å². The van der Waals surface area contributed by atoms with Gasteiger partial charge < -0.3 is 10.1 Å². The van der Waals surface area contributed by atoms with Gasteiger partial charge in [-0.1, -0.05) is 12.1 Å². The molecule has 0 radical (unpaired) electrons. The molecule has 1 saturated carbocycles. The van der Waals surface area contributed by atoms with E-state index in [4.69, 9.17) is 16.3 Å². The van der Waals surface area contributed by atoms with Crippen molar-refractivity contribution in [3.8, 4) is 5.75 Å². The van der Waals surface area contributed by atoms with Crippen LogP contribution in [0.25, 0.3) is 0 Å². The van der Waals surface area contributed by atoms with E-state index in [-0.39, 0.29) is 17.9 Å². The summed E-state index contributed by atoms with van der Waals surface area (Å²) in [7, 11) is 0. The normalized spacial score (nSPS) is 23.0. The van der Waals surface area contributed by atoms with Crippen LogP contribution in [0.2, 0.25) is 0 Å². The van der Waals surface area contributed by atoms with Gasteiger partial charge in [-0.3, -0.25) is 0 Å². The number of nitrogens with one attached hydrogen (secondary N) is 1. The monoisotopic (exact) mass is 307 g/mol. The topological polar surface area (TPSA) is 21.3 Å². The molecule has 0 aliphatic heterocycles. The Kier molecular flexibility index (Phi) is 5.16. The number of ether oxygens (including phenoxy) is 1. The van der Waals surface area contributed by atoms with Gasteiger partial charge >= 0.3 is 6.18 Å². The molecule has 2 nitrogen and oxygen atoms in total. The van der Waals surface area contributed by atoms with E-state index in [1.165, 1.54) is 12.1 Å². The summed E-state index contributed by atoms with van der Waals surface area (Å²) >= 11 is 5.62. The van der Waals surface area contributed by atoms with Crippen molar-refractivity contribution >= 4 is 11.6 Å². The molecule has 0 amide bonds. The summed E-state index contributed by atoms with van der Waals surface area (Å²) < 4.78 is 44.3. The first-order valence-corrected chi connectivity index (χ1v) is 7.18. The van der Waals surface area contributed by atoms with Crippen molar-refractivity contribution in [1.29, 1.82) is 0 Å². The highest BCUT2D eigenvalue weighted by molar-refractivity contribution is 6.18. The molecule has 0 bridgehead atoms. The SMILES string of the molecule is FC(F)(F)c1ccccc1OC1CCCC1NCCCl. The van der Waals surface area contributed by atoms with Gasteiger partial charge in [0.1, 0.15) is 11.9 Å². The van der Waals surface area contributed by atoms with E-state index in [1.54, 1.807) is 6.07 Å². The van der Waals surface area contributed by atoms with Gasteiger partial charge in [0.15, 0.2) is 0 Å². The van der Waals surface area contributed by atoms with E-state index in [0.29, 0.717) is 12.4 Å². The van der Waals surface area contributed by atoms with Crippen molar-refractivity contribution in [3.63, 3.8) is 0 Å². The van der Waals surface area contributed by atoms with Crippen LogP contribution >= 0.6 is 11.6 Å². The Morgan fingerprint density at radius 1 is 1.25 bits per heavy atom. The van der Waals surface area contributed by atoms with Crippen LogP contribution in [0.1, 0.15) is 24.8 Å². The Hall–Kier alpha value is -0.940. The molecular formula is C14H17ClF3NO. The summed E-state index contributed by atoms with van der Waals surface area (Å²) in [5, 5.41) is 3.22. The van der Waals surface area contributed by atoms with Gasteiger partial charge in [-0.05, 0) is 31.4 Å². The summed E-state index contributed by atoms with van der Waals surface area (Å²) in [6, 6.07) is 5.41. The molecule has 2 rings (SSSR count). The molecule has 1 aromatic rings. The number of rotatable bonds is 5. The fourth-order valence-electron chi connectivity index (χ4n) is 2.51. The van der Waals surface area contributed by atoms with E-state index >= 15 is 0 Å². The molecule has 2 unspecified atom stereocenters. The van der Waals surface area contributed by atoms with Gasteiger partial charge in [0, 0.05) is 18.5 Å². The summed E-state index contributed by atoms with van der Waals surface area (Å²) in [5.74, 6) is 0.382. The molecule has 0 spiro atoms. The average Bonchev–Trinajstić information content (AvgIpc) is 2.83. The van der Waals surface area contributed by atoms with Gasteiger partial charge in [-0.15, -0.1) is 11.6 Å². The predicted octanol–water partition coefficient (Wildman–Crippen LogP) is 3.83. The first kappa shape index (κ1) is 15.4. The van der Waals surface area contributed by atoms with Gasteiger partial charge in [-0.2, -0.15) is 13.2 Å². The zero-order valence-corrected chi connectivity index (χ0v) is 11.7. The lowest BCUT2D eigenvalue weighted by Gasteiger charge is -2.24. The highest BCUT2D eigenvalue weighted by Gasteiger charge is 2.36. The van der Waals surface area contributed by atoms with E-state index in [9.17, 15) is 13.2 Å². The lowest BCUT2D eigenvalue weighted by atomic mass is 10.1. The van der Waals surface area contributed by atoms with Crippen LogP contribution in [-0.2, 0) is 6.18 Å². The van der Waals surface area contributed by atoms with E-state index in [0.717, 1.165) is 25.3 Å². The minimum absolute atomic E-state index is 0.0649. The molecule has 1 N–H and O–H groups in total. The third-order valence-corrected chi connectivity index (χ3v) is 3.61. The Morgan fingerprint density at radius 3 is 2.70 bits per heavy atom. The van der Waals surface area contributed by atoms with Crippen molar-refractivity contribution in [1.82, 2.24) is 5.32 Å². The molecule has 1 aromatic carbocycles. The first-order valence-electron chi connectivity index (χ1n) is 6.64. The lowest BCUT2D eigenvalue weighted by Crippen LogP contribution is -2.40. The lowest BCUT2D eigenvalue weighted by molar-refractivity contribution is -0.139. The largest absolute Gasteiger partial charge is 0.488 e. The quantitative estimate of drug-likeness (QED) is 0.835. The van der Waals surface area contributed by atoms with Gasteiger partial charge in [0.25, 0.3) is 0 Å². The molecule has 1 aliphatic carbocycles. The van der Waals surface area contributed by atoms with Crippen molar-refractivity contribution in [2.24, 2.45) is 0 Å². The summed E-state index contributed by atoms with van der Waals surface area (Å²) in [6.07, 6.45) is -2.03. The molecule has 1 aliphatic rings. The van der Waals surface area contributed by atoms with Crippen LogP contribution in [-0.4, -0.2) is 24.6 Å². The maximum atomic E-state index is 12.9. The molecule has 6 heteroatoms. The summed E-state index contributed by atoms with van der Waals surface area (Å²) in [4.78, 5) is 0. The highest BCUT2D eigenvalue weighted by Crippen LogP contribution is 2.37. The smallest absolute Gasteiger partial charge is 0.419 e. The van der Waals surface area contributed by atoms with Crippen LogP contribution in [0.4, 0.5) is 13.2 Å². The van der Waals surface area contributed by atoms with Crippen molar-refractivity contribution in [3.05, 3.63) is 29.8 Å². The molecule has 0 saturated heterocycles. The minimum Gasteiger partial charge on any atom is -0.488 e. The second kappa shape index (κ2) is 6.68. The van der Waals surface area contributed by atoms with E-state index < -0.39 is 11.7 Å². The minimum atomic E-state index is -4.39. The maximum Gasteiger partial charge on any atom is 0.419 e. The average molecular weight is 308 g/mol. The number of halogens is 4. The van der Waals surface area contributed by atoms with Crippen molar-refractivity contribution in [2.45, 2.75) is 37.6 Å². The number of hydrogen-bond acceptors (Lipinski definition) is 2. The van der Waals surface area contributed by atoms with E-state index in [2.05, 4.69) is 5.32 Å².